The quantitative estimate of drug-likeness (QED) is 0.662. The molecule has 2 N–H and O–H groups in total. The van der Waals surface area contributed by atoms with E-state index in [0.29, 0.717) is 19.6 Å². The molecule has 132 valence electrons. The second-order valence-corrected chi connectivity index (χ2v) is 6.52. The van der Waals surface area contributed by atoms with Gasteiger partial charge < -0.3 is 19.6 Å². The van der Waals surface area contributed by atoms with Crippen LogP contribution >= 0.6 is 0 Å². The number of fused-ring (bicyclic) bond motifs is 1. The molecular weight excluding hydrogens is 314 g/mol. The number of ether oxygens (including phenoxy) is 1. The van der Waals surface area contributed by atoms with Crippen LogP contribution in [0, 0.1) is 0 Å². The Morgan fingerprint density at radius 1 is 1.16 bits per heavy atom. The molecule has 25 heavy (non-hydrogen) atoms. The van der Waals surface area contributed by atoms with Crippen molar-refractivity contribution in [1.82, 2.24) is 14.7 Å². The summed E-state index contributed by atoms with van der Waals surface area (Å²) in [6.45, 7) is 3.35. The molecule has 5 nitrogen and oxygen atoms in total. The molecule has 1 atom stereocenters. The second kappa shape index (κ2) is 7.78. The van der Waals surface area contributed by atoms with Gasteiger partial charge in [0.1, 0.15) is 5.65 Å². The van der Waals surface area contributed by atoms with Crippen LogP contribution in [-0.4, -0.2) is 40.4 Å². The smallest absolute Gasteiger partial charge is 0.137 e. The number of aromatic nitrogens is 2. The third kappa shape index (κ3) is 3.90. The summed E-state index contributed by atoms with van der Waals surface area (Å²) >= 11 is 0. The van der Waals surface area contributed by atoms with Crippen LogP contribution in [0.25, 0.3) is 16.9 Å². The van der Waals surface area contributed by atoms with E-state index in [9.17, 15) is 5.11 Å². The Labute approximate surface area is 148 Å². The summed E-state index contributed by atoms with van der Waals surface area (Å²) in [5.74, 6) is 0. The molecule has 0 bridgehead atoms. The molecule has 2 heterocycles. The molecule has 2 aromatic heterocycles. The first kappa shape index (κ1) is 17.6. The van der Waals surface area contributed by atoms with Gasteiger partial charge in [0, 0.05) is 37.6 Å². The first-order valence-electron chi connectivity index (χ1n) is 8.53. The van der Waals surface area contributed by atoms with E-state index in [4.69, 9.17) is 9.72 Å². The Morgan fingerprint density at radius 2 is 1.92 bits per heavy atom. The number of aliphatic hydroxyl groups excluding tert-OH is 1. The zero-order valence-corrected chi connectivity index (χ0v) is 14.8. The molecule has 0 spiro atoms. The third-order valence-electron chi connectivity index (χ3n) is 4.49. The maximum Gasteiger partial charge on any atom is 0.137 e. The third-order valence-corrected chi connectivity index (χ3v) is 4.49. The monoisotopic (exact) mass is 339 g/mol. The van der Waals surface area contributed by atoms with Gasteiger partial charge in [0.05, 0.1) is 18.0 Å². The van der Waals surface area contributed by atoms with Crippen molar-refractivity contribution in [1.29, 1.82) is 0 Å². The van der Waals surface area contributed by atoms with Crippen LogP contribution in [0.2, 0.25) is 0 Å². The van der Waals surface area contributed by atoms with Crippen LogP contribution in [0.1, 0.15) is 19.0 Å². The number of imidazole rings is 1. The number of pyridine rings is 1. The lowest BCUT2D eigenvalue weighted by molar-refractivity contribution is 0.0967. The van der Waals surface area contributed by atoms with E-state index in [1.54, 1.807) is 7.11 Å². The van der Waals surface area contributed by atoms with E-state index < -0.39 is 0 Å². The van der Waals surface area contributed by atoms with Crippen LogP contribution in [0.4, 0.5) is 0 Å². The molecule has 0 radical (unpaired) electrons. The van der Waals surface area contributed by atoms with Crippen LogP contribution < -0.4 is 5.32 Å². The Morgan fingerprint density at radius 3 is 2.64 bits per heavy atom. The fourth-order valence-electron chi connectivity index (χ4n) is 3.12. The number of nitrogens with zero attached hydrogens (tertiary/aromatic N) is 2. The Bertz CT molecular complexity index is 808. The summed E-state index contributed by atoms with van der Waals surface area (Å²) in [7, 11) is 1.68. The number of hydrogen-bond acceptors (Lipinski definition) is 4. The lowest BCUT2D eigenvalue weighted by Crippen LogP contribution is -2.46. The zero-order valence-electron chi connectivity index (χ0n) is 14.8. The highest BCUT2D eigenvalue weighted by atomic mass is 16.5. The minimum Gasteiger partial charge on any atom is -0.396 e. The number of rotatable bonds is 8. The van der Waals surface area contributed by atoms with Gasteiger partial charge in [-0.1, -0.05) is 36.4 Å². The molecule has 0 aliphatic heterocycles. The summed E-state index contributed by atoms with van der Waals surface area (Å²) in [4.78, 5) is 4.82. The number of methoxy groups -OCH3 is 1. The first-order valence-corrected chi connectivity index (χ1v) is 8.53. The average Bonchev–Trinajstić information content (AvgIpc) is 3.00. The molecule has 0 saturated carbocycles. The van der Waals surface area contributed by atoms with Crippen molar-refractivity contribution in [2.45, 2.75) is 25.4 Å². The van der Waals surface area contributed by atoms with Crippen molar-refractivity contribution < 1.29 is 9.84 Å². The summed E-state index contributed by atoms with van der Waals surface area (Å²) in [5, 5.41) is 12.9. The highest BCUT2D eigenvalue weighted by Gasteiger charge is 2.24. The Balaban J connectivity index is 1.97. The molecule has 0 fully saturated rings. The highest BCUT2D eigenvalue weighted by molar-refractivity contribution is 5.66. The van der Waals surface area contributed by atoms with Crippen molar-refractivity contribution >= 4 is 5.65 Å². The van der Waals surface area contributed by atoms with Crippen LogP contribution in [0.5, 0.6) is 0 Å². The average molecular weight is 339 g/mol. The molecule has 5 heteroatoms. The predicted molar refractivity (Wildman–Crippen MR) is 99.5 cm³/mol. The summed E-state index contributed by atoms with van der Waals surface area (Å²) in [5.41, 5.74) is 3.80. The van der Waals surface area contributed by atoms with Crippen LogP contribution in [0.15, 0.2) is 54.7 Å². The fourth-order valence-corrected chi connectivity index (χ4v) is 3.12. The first-order chi connectivity index (χ1) is 12.2. The van der Waals surface area contributed by atoms with E-state index in [1.807, 2.05) is 42.6 Å². The van der Waals surface area contributed by atoms with Crippen LogP contribution in [-0.2, 0) is 11.3 Å². The van der Waals surface area contributed by atoms with Gasteiger partial charge in [-0.15, -0.1) is 0 Å². The standard InChI is InChI=1S/C20H25N3O2/c1-20(11-13-24,15-25-2)21-14-17-19(16-8-4-3-5-9-16)22-18-10-6-7-12-23(17)18/h3-10,12,21,24H,11,13-15H2,1-2H3. The Kier molecular flexibility index (Phi) is 5.48. The van der Waals surface area contributed by atoms with Gasteiger partial charge in [-0.3, -0.25) is 0 Å². The largest absolute Gasteiger partial charge is 0.396 e. The normalized spacial score (nSPS) is 13.9. The van der Waals surface area contributed by atoms with Crippen molar-refractivity contribution in [3.05, 3.63) is 60.4 Å². The van der Waals surface area contributed by atoms with Crippen molar-refractivity contribution in [2.75, 3.05) is 20.3 Å². The number of benzene rings is 1. The topological polar surface area (TPSA) is 58.8 Å². The number of hydrogen-bond donors (Lipinski definition) is 2. The molecule has 1 aromatic carbocycles. The van der Waals surface area contributed by atoms with Crippen molar-refractivity contribution in [2.24, 2.45) is 0 Å². The molecule has 0 saturated heterocycles. The number of aliphatic hydroxyl groups is 1. The lowest BCUT2D eigenvalue weighted by atomic mass is 9.99. The Hall–Kier alpha value is -2.21. The summed E-state index contributed by atoms with van der Waals surface area (Å²) in [6.07, 6.45) is 2.66. The molecular formula is C20H25N3O2. The maximum atomic E-state index is 9.38. The van der Waals surface area contributed by atoms with Crippen molar-refractivity contribution in [3.63, 3.8) is 0 Å². The summed E-state index contributed by atoms with van der Waals surface area (Å²) < 4.78 is 7.45. The zero-order chi connectivity index (χ0) is 17.7. The molecule has 3 rings (SSSR count). The van der Waals surface area contributed by atoms with Gasteiger partial charge in [0.15, 0.2) is 0 Å². The molecule has 0 amide bonds. The van der Waals surface area contributed by atoms with Gasteiger partial charge in [-0.05, 0) is 25.5 Å². The van der Waals surface area contributed by atoms with E-state index in [1.165, 1.54) is 0 Å². The maximum absolute atomic E-state index is 9.38. The minimum absolute atomic E-state index is 0.117. The van der Waals surface area contributed by atoms with Gasteiger partial charge in [0.25, 0.3) is 0 Å². The minimum atomic E-state index is -0.295. The molecule has 3 aromatic rings. The summed E-state index contributed by atoms with van der Waals surface area (Å²) in [6, 6.07) is 16.2. The highest BCUT2D eigenvalue weighted by Crippen LogP contribution is 2.25. The predicted octanol–water partition coefficient (Wildman–Crippen LogP) is 2.88. The second-order valence-electron chi connectivity index (χ2n) is 6.52. The van der Waals surface area contributed by atoms with Gasteiger partial charge in [0.2, 0.25) is 0 Å². The van der Waals surface area contributed by atoms with E-state index in [2.05, 4.69) is 28.8 Å². The number of nitrogens with one attached hydrogen (secondary N) is 1. The van der Waals surface area contributed by atoms with E-state index in [0.717, 1.165) is 22.6 Å². The SMILES string of the molecule is COCC(C)(CCO)NCc1c(-c2ccccc2)nc2ccccn12. The van der Waals surface area contributed by atoms with Gasteiger partial charge in [-0.2, -0.15) is 0 Å². The van der Waals surface area contributed by atoms with Crippen molar-refractivity contribution in [3.8, 4) is 11.3 Å². The van der Waals surface area contributed by atoms with E-state index >= 15 is 0 Å². The molecule has 1 unspecified atom stereocenters. The lowest BCUT2D eigenvalue weighted by Gasteiger charge is -2.29. The molecule has 0 aliphatic carbocycles. The molecule has 0 aliphatic rings. The fraction of sp³-hybridized carbons (Fsp3) is 0.350. The van der Waals surface area contributed by atoms with Crippen LogP contribution in [0.3, 0.4) is 0 Å². The van der Waals surface area contributed by atoms with E-state index in [-0.39, 0.29) is 12.1 Å². The van der Waals surface area contributed by atoms with Gasteiger partial charge >= 0.3 is 0 Å². The van der Waals surface area contributed by atoms with Gasteiger partial charge in [-0.25, -0.2) is 4.98 Å².